The summed E-state index contributed by atoms with van der Waals surface area (Å²) in [4.78, 5) is -0.246. The first-order chi connectivity index (χ1) is 9.38. The summed E-state index contributed by atoms with van der Waals surface area (Å²) in [5.41, 5.74) is 7.50. The highest BCUT2D eigenvalue weighted by molar-refractivity contribution is 7.89. The average molecular weight is 294 g/mol. The molecule has 106 valence electrons. The minimum atomic E-state index is -3.84. The van der Waals surface area contributed by atoms with E-state index < -0.39 is 15.8 Å². The Kier molecular flexibility index (Phi) is 4.06. The molecular formula is C14H15FN2O2S. The lowest BCUT2D eigenvalue weighted by atomic mass is 10.2. The molecule has 0 saturated carbocycles. The highest BCUT2D eigenvalue weighted by Crippen LogP contribution is 2.19. The molecule has 4 nitrogen and oxygen atoms in total. The van der Waals surface area contributed by atoms with Gasteiger partial charge in [-0.2, -0.15) is 0 Å². The van der Waals surface area contributed by atoms with E-state index in [1.54, 1.807) is 0 Å². The van der Waals surface area contributed by atoms with Crippen LogP contribution in [-0.2, 0) is 16.6 Å². The van der Waals surface area contributed by atoms with Crippen LogP contribution in [0.3, 0.4) is 0 Å². The van der Waals surface area contributed by atoms with E-state index in [0.29, 0.717) is 0 Å². The third kappa shape index (κ3) is 3.34. The summed E-state index contributed by atoms with van der Waals surface area (Å²) < 4.78 is 39.7. The second-order valence-corrected chi connectivity index (χ2v) is 6.23. The van der Waals surface area contributed by atoms with Crippen LogP contribution in [0.1, 0.15) is 11.1 Å². The minimum absolute atomic E-state index is 0.0165. The maximum Gasteiger partial charge on any atom is 0.243 e. The average Bonchev–Trinajstić information content (AvgIpc) is 2.41. The Bertz CT molecular complexity index is 712. The molecule has 0 radical (unpaired) electrons. The third-order valence-corrected chi connectivity index (χ3v) is 4.31. The van der Waals surface area contributed by atoms with Gasteiger partial charge >= 0.3 is 0 Å². The normalized spacial score (nSPS) is 11.5. The van der Waals surface area contributed by atoms with Gasteiger partial charge < -0.3 is 5.73 Å². The number of sulfonamides is 1. The van der Waals surface area contributed by atoms with Crippen LogP contribution in [0.2, 0.25) is 0 Å². The zero-order valence-corrected chi connectivity index (χ0v) is 11.7. The van der Waals surface area contributed by atoms with Crippen molar-refractivity contribution in [2.24, 2.45) is 0 Å². The molecule has 2 aromatic rings. The molecule has 0 fully saturated rings. The maximum absolute atomic E-state index is 13.1. The molecule has 0 aliphatic rings. The van der Waals surface area contributed by atoms with Crippen molar-refractivity contribution in [2.45, 2.75) is 18.4 Å². The molecule has 0 saturated heterocycles. The van der Waals surface area contributed by atoms with Crippen molar-refractivity contribution in [3.8, 4) is 0 Å². The number of rotatable bonds is 4. The fourth-order valence-corrected chi connectivity index (χ4v) is 2.86. The second-order valence-electron chi connectivity index (χ2n) is 4.49. The summed E-state index contributed by atoms with van der Waals surface area (Å²) in [5, 5.41) is 0. The number of nitrogen functional groups attached to an aromatic ring is 1. The predicted molar refractivity (Wildman–Crippen MR) is 76.0 cm³/mol. The SMILES string of the molecule is Cc1ccc(CNS(=O)(=O)c2cc(F)ccc2N)cc1. The number of nitrogens with two attached hydrogens (primary N) is 1. The Morgan fingerprint density at radius 1 is 1.15 bits per heavy atom. The monoisotopic (exact) mass is 294 g/mol. The molecule has 6 heteroatoms. The van der Waals surface area contributed by atoms with Crippen LogP contribution in [-0.4, -0.2) is 8.42 Å². The van der Waals surface area contributed by atoms with Crippen LogP contribution < -0.4 is 10.5 Å². The van der Waals surface area contributed by atoms with Gasteiger partial charge in [-0.25, -0.2) is 17.5 Å². The second kappa shape index (κ2) is 5.60. The van der Waals surface area contributed by atoms with E-state index in [1.165, 1.54) is 6.07 Å². The molecule has 0 aromatic heterocycles. The van der Waals surface area contributed by atoms with Crippen molar-refractivity contribution < 1.29 is 12.8 Å². The summed E-state index contributed by atoms with van der Waals surface area (Å²) in [6.45, 7) is 2.07. The lowest BCUT2D eigenvalue weighted by Crippen LogP contribution is -2.24. The molecule has 2 aromatic carbocycles. The number of anilines is 1. The zero-order valence-electron chi connectivity index (χ0n) is 10.9. The number of halogens is 1. The topological polar surface area (TPSA) is 72.2 Å². The smallest absolute Gasteiger partial charge is 0.243 e. The Balaban J connectivity index is 2.19. The van der Waals surface area contributed by atoms with E-state index in [-0.39, 0.29) is 17.1 Å². The third-order valence-electron chi connectivity index (χ3n) is 2.85. The molecular weight excluding hydrogens is 279 g/mol. The van der Waals surface area contributed by atoms with Crippen LogP contribution in [0.5, 0.6) is 0 Å². The van der Waals surface area contributed by atoms with Gasteiger partial charge in [0.2, 0.25) is 10.0 Å². The van der Waals surface area contributed by atoms with Gasteiger partial charge in [0.1, 0.15) is 10.7 Å². The van der Waals surface area contributed by atoms with Crippen molar-refractivity contribution in [3.63, 3.8) is 0 Å². The molecule has 3 N–H and O–H groups in total. The molecule has 0 atom stereocenters. The molecule has 0 aliphatic heterocycles. The standard InChI is InChI=1S/C14H15FN2O2S/c1-10-2-4-11(5-3-10)9-17-20(18,19)14-8-12(15)6-7-13(14)16/h2-8,17H,9,16H2,1H3. The molecule has 0 aliphatic carbocycles. The van der Waals surface area contributed by atoms with Crippen LogP contribution in [0.4, 0.5) is 10.1 Å². The molecule has 20 heavy (non-hydrogen) atoms. The fraction of sp³-hybridized carbons (Fsp3) is 0.143. The van der Waals surface area contributed by atoms with Gasteiger partial charge in [-0.3, -0.25) is 0 Å². The first-order valence-corrected chi connectivity index (χ1v) is 7.47. The molecule has 0 bridgehead atoms. The highest BCUT2D eigenvalue weighted by Gasteiger charge is 2.17. The Morgan fingerprint density at radius 2 is 1.80 bits per heavy atom. The Labute approximate surface area is 117 Å². The zero-order chi connectivity index (χ0) is 14.8. The summed E-state index contributed by atoms with van der Waals surface area (Å²) in [5.74, 6) is -0.644. The van der Waals surface area contributed by atoms with E-state index >= 15 is 0 Å². The van der Waals surface area contributed by atoms with Gasteiger partial charge in [0, 0.05) is 6.54 Å². The summed E-state index contributed by atoms with van der Waals surface area (Å²) in [7, 11) is -3.84. The van der Waals surface area contributed by atoms with E-state index in [1.807, 2.05) is 31.2 Å². The van der Waals surface area contributed by atoms with Crippen molar-refractivity contribution in [1.82, 2.24) is 4.72 Å². The van der Waals surface area contributed by atoms with Gasteiger partial charge in [0.15, 0.2) is 0 Å². The molecule has 2 rings (SSSR count). The Hall–Kier alpha value is -1.92. The Morgan fingerprint density at radius 3 is 2.45 bits per heavy atom. The largest absolute Gasteiger partial charge is 0.398 e. The number of benzene rings is 2. The summed E-state index contributed by atoms with van der Waals surface area (Å²) >= 11 is 0. The van der Waals surface area contributed by atoms with E-state index in [4.69, 9.17) is 5.73 Å². The quantitative estimate of drug-likeness (QED) is 0.849. The van der Waals surface area contributed by atoms with Crippen LogP contribution >= 0.6 is 0 Å². The van der Waals surface area contributed by atoms with Gasteiger partial charge in [0.05, 0.1) is 5.69 Å². The number of hydrogen-bond donors (Lipinski definition) is 2. The number of hydrogen-bond acceptors (Lipinski definition) is 3. The highest BCUT2D eigenvalue weighted by atomic mass is 32.2. The van der Waals surface area contributed by atoms with E-state index in [0.717, 1.165) is 23.3 Å². The van der Waals surface area contributed by atoms with E-state index in [2.05, 4.69) is 4.72 Å². The first kappa shape index (κ1) is 14.5. The van der Waals surface area contributed by atoms with Gasteiger partial charge in [-0.15, -0.1) is 0 Å². The van der Waals surface area contributed by atoms with Crippen LogP contribution in [0.15, 0.2) is 47.4 Å². The number of aryl methyl sites for hydroxylation is 1. The van der Waals surface area contributed by atoms with Gasteiger partial charge in [0.25, 0.3) is 0 Å². The maximum atomic E-state index is 13.1. The molecule has 0 heterocycles. The fourth-order valence-electron chi connectivity index (χ4n) is 1.70. The lowest BCUT2D eigenvalue weighted by Gasteiger charge is -2.09. The van der Waals surface area contributed by atoms with Crippen LogP contribution in [0, 0.1) is 12.7 Å². The van der Waals surface area contributed by atoms with Crippen LogP contribution in [0.25, 0.3) is 0 Å². The number of nitrogens with one attached hydrogen (secondary N) is 1. The lowest BCUT2D eigenvalue weighted by molar-refractivity contribution is 0.578. The summed E-state index contributed by atoms with van der Waals surface area (Å²) in [6.07, 6.45) is 0. The minimum Gasteiger partial charge on any atom is -0.398 e. The molecule has 0 amide bonds. The summed E-state index contributed by atoms with van der Waals surface area (Å²) in [6, 6.07) is 10.7. The van der Waals surface area contributed by atoms with Crippen molar-refractivity contribution >= 4 is 15.7 Å². The van der Waals surface area contributed by atoms with E-state index in [9.17, 15) is 12.8 Å². The van der Waals surface area contributed by atoms with Crippen molar-refractivity contribution in [3.05, 3.63) is 59.4 Å². The van der Waals surface area contributed by atoms with Gasteiger partial charge in [-0.1, -0.05) is 29.8 Å². The molecule has 0 unspecified atom stereocenters. The first-order valence-electron chi connectivity index (χ1n) is 5.99. The van der Waals surface area contributed by atoms with Gasteiger partial charge in [-0.05, 0) is 30.7 Å². The predicted octanol–water partition coefficient (Wildman–Crippen LogP) is 2.19. The van der Waals surface area contributed by atoms with Crippen molar-refractivity contribution in [2.75, 3.05) is 5.73 Å². The van der Waals surface area contributed by atoms with Crippen molar-refractivity contribution in [1.29, 1.82) is 0 Å². The molecule has 0 spiro atoms.